The van der Waals surface area contributed by atoms with E-state index in [-0.39, 0.29) is 6.04 Å². The summed E-state index contributed by atoms with van der Waals surface area (Å²) in [6, 6.07) is 10.0. The van der Waals surface area contributed by atoms with Gasteiger partial charge in [-0.1, -0.05) is 30.3 Å². The molecule has 1 aromatic carbocycles. The molecule has 0 bridgehead atoms. The molecule has 1 unspecified atom stereocenters. The molecule has 1 aromatic rings. The monoisotopic (exact) mass is 175 g/mol. The average molecular weight is 175 g/mol. The molecular formula is C11H13NO. The van der Waals surface area contributed by atoms with Crippen molar-refractivity contribution < 1.29 is 4.74 Å². The maximum Gasteiger partial charge on any atom is 0.188 e. The molecule has 13 heavy (non-hydrogen) atoms. The summed E-state index contributed by atoms with van der Waals surface area (Å²) < 4.78 is 1.10. The SMILES string of the molecule is [O-][N+]1=CCCCC1c1ccccc1. The van der Waals surface area contributed by atoms with Crippen LogP contribution in [0.1, 0.15) is 30.9 Å². The van der Waals surface area contributed by atoms with Crippen LogP contribution in [0.2, 0.25) is 0 Å². The third-order valence-corrected chi connectivity index (χ3v) is 2.48. The Kier molecular flexibility index (Phi) is 2.30. The van der Waals surface area contributed by atoms with E-state index >= 15 is 0 Å². The molecule has 0 fully saturated rings. The first-order valence-electron chi connectivity index (χ1n) is 4.71. The Hall–Kier alpha value is -1.31. The number of hydrogen-bond donors (Lipinski definition) is 0. The smallest absolute Gasteiger partial charge is 0.188 e. The van der Waals surface area contributed by atoms with Gasteiger partial charge in [-0.3, -0.25) is 0 Å². The summed E-state index contributed by atoms with van der Waals surface area (Å²) in [5.41, 5.74) is 1.13. The lowest BCUT2D eigenvalue weighted by Gasteiger charge is -2.20. The van der Waals surface area contributed by atoms with Gasteiger partial charge in [0, 0.05) is 18.4 Å². The van der Waals surface area contributed by atoms with Gasteiger partial charge in [0.2, 0.25) is 0 Å². The molecule has 0 radical (unpaired) electrons. The van der Waals surface area contributed by atoms with Gasteiger partial charge in [-0.25, -0.2) is 4.74 Å². The highest BCUT2D eigenvalue weighted by atomic mass is 16.5. The van der Waals surface area contributed by atoms with Crippen molar-refractivity contribution in [2.75, 3.05) is 0 Å². The van der Waals surface area contributed by atoms with Gasteiger partial charge in [0.15, 0.2) is 12.3 Å². The van der Waals surface area contributed by atoms with Crippen molar-refractivity contribution in [2.45, 2.75) is 25.3 Å². The summed E-state index contributed by atoms with van der Waals surface area (Å²) in [6.07, 6.45) is 4.77. The summed E-state index contributed by atoms with van der Waals surface area (Å²) in [7, 11) is 0. The molecule has 1 atom stereocenters. The van der Waals surface area contributed by atoms with Crippen LogP contribution in [0.25, 0.3) is 0 Å². The Labute approximate surface area is 78.1 Å². The maximum atomic E-state index is 11.5. The summed E-state index contributed by atoms with van der Waals surface area (Å²) in [5.74, 6) is 0. The van der Waals surface area contributed by atoms with Crippen LogP contribution in [-0.4, -0.2) is 11.0 Å². The third-order valence-electron chi connectivity index (χ3n) is 2.48. The van der Waals surface area contributed by atoms with E-state index in [1.54, 1.807) is 6.21 Å². The zero-order valence-electron chi connectivity index (χ0n) is 7.52. The normalized spacial score (nSPS) is 22.5. The largest absolute Gasteiger partial charge is 0.624 e. The molecule has 0 aliphatic carbocycles. The molecule has 1 heterocycles. The predicted octanol–water partition coefficient (Wildman–Crippen LogP) is 2.49. The van der Waals surface area contributed by atoms with E-state index in [1.807, 2.05) is 30.3 Å². The second-order valence-electron chi connectivity index (χ2n) is 3.40. The first-order chi connectivity index (χ1) is 6.38. The van der Waals surface area contributed by atoms with E-state index in [1.165, 1.54) is 0 Å². The molecule has 1 aliphatic heterocycles. The van der Waals surface area contributed by atoms with Gasteiger partial charge < -0.3 is 5.21 Å². The van der Waals surface area contributed by atoms with Crippen LogP contribution in [0.15, 0.2) is 30.3 Å². The van der Waals surface area contributed by atoms with Gasteiger partial charge in [-0.2, -0.15) is 0 Å². The van der Waals surface area contributed by atoms with Gasteiger partial charge in [0.25, 0.3) is 0 Å². The zero-order valence-corrected chi connectivity index (χ0v) is 7.52. The Bertz CT molecular complexity index is 305. The zero-order chi connectivity index (χ0) is 9.10. The minimum atomic E-state index is 0.0509. The fraction of sp³-hybridized carbons (Fsp3) is 0.364. The topological polar surface area (TPSA) is 26.1 Å². The highest BCUT2D eigenvalue weighted by Crippen LogP contribution is 2.24. The second kappa shape index (κ2) is 3.60. The van der Waals surface area contributed by atoms with E-state index in [9.17, 15) is 5.21 Å². The van der Waals surface area contributed by atoms with Crippen LogP contribution in [0.4, 0.5) is 0 Å². The van der Waals surface area contributed by atoms with Crippen molar-refractivity contribution in [3.8, 4) is 0 Å². The van der Waals surface area contributed by atoms with E-state index in [0.717, 1.165) is 29.6 Å². The molecule has 1 aliphatic rings. The first kappa shape index (κ1) is 8.30. The predicted molar refractivity (Wildman–Crippen MR) is 52.7 cm³/mol. The summed E-state index contributed by atoms with van der Waals surface area (Å²) in [6.45, 7) is 0. The lowest BCUT2D eigenvalue weighted by atomic mass is 9.99. The number of nitrogens with zero attached hydrogens (tertiary/aromatic N) is 1. The molecule has 0 aromatic heterocycles. The van der Waals surface area contributed by atoms with Crippen molar-refractivity contribution in [3.05, 3.63) is 41.1 Å². The number of rotatable bonds is 1. The molecule has 0 spiro atoms. The molecule has 68 valence electrons. The Morgan fingerprint density at radius 3 is 2.69 bits per heavy atom. The van der Waals surface area contributed by atoms with Crippen LogP contribution < -0.4 is 0 Å². The molecular weight excluding hydrogens is 162 g/mol. The Morgan fingerprint density at radius 2 is 2.00 bits per heavy atom. The minimum absolute atomic E-state index is 0.0509. The molecule has 0 saturated heterocycles. The van der Waals surface area contributed by atoms with Crippen molar-refractivity contribution in [3.63, 3.8) is 0 Å². The Balaban J connectivity index is 2.26. The standard InChI is InChI=1S/C11H13NO/c13-12-9-5-4-8-11(12)10-6-2-1-3-7-10/h1-3,6-7,9,11H,4-5,8H2. The third kappa shape index (κ3) is 1.72. The van der Waals surface area contributed by atoms with E-state index in [4.69, 9.17) is 0 Å². The molecule has 2 heteroatoms. The van der Waals surface area contributed by atoms with Gasteiger partial charge in [-0.15, -0.1) is 0 Å². The van der Waals surface area contributed by atoms with Crippen molar-refractivity contribution in [2.24, 2.45) is 0 Å². The van der Waals surface area contributed by atoms with Crippen molar-refractivity contribution in [1.29, 1.82) is 0 Å². The second-order valence-corrected chi connectivity index (χ2v) is 3.40. The lowest BCUT2D eigenvalue weighted by Crippen LogP contribution is -2.18. The summed E-state index contributed by atoms with van der Waals surface area (Å²) >= 11 is 0. The highest BCUT2D eigenvalue weighted by molar-refractivity contribution is 5.52. The van der Waals surface area contributed by atoms with Crippen molar-refractivity contribution in [1.82, 2.24) is 0 Å². The van der Waals surface area contributed by atoms with Gasteiger partial charge in [-0.05, 0) is 6.42 Å². The van der Waals surface area contributed by atoms with Crippen LogP contribution in [0, 0.1) is 5.21 Å². The molecule has 2 nitrogen and oxygen atoms in total. The quantitative estimate of drug-likeness (QED) is 0.475. The minimum Gasteiger partial charge on any atom is -0.624 e. The fourth-order valence-electron chi connectivity index (χ4n) is 1.77. The van der Waals surface area contributed by atoms with E-state index in [2.05, 4.69) is 0 Å². The van der Waals surface area contributed by atoms with Crippen LogP contribution in [0.5, 0.6) is 0 Å². The molecule has 2 rings (SSSR count). The highest BCUT2D eigenvalue weighted by Gasteiger charge is 2.20. The summed E-state index contributed by atoms with van der Waals surface area (Å²) in [4.78, 5) is 0. The van der Waals surface area contributed by atoms with Crippen LogP contribution in [-0.2, 0) is 0 Å². The maximum absolute atomic E-state index is 11.5. The van der Waals surface area contributed by atoms with Gasteiger partial charge in [0.1, 0.15) is 0 Å². The number of benzene rings is 1. The Morgan fingerprint density at radius 1 is 1.23 bits per heavy atom. The van der Waals surface area contributed by atoms with Gasteiger partial charge in [0.05, 0.1) is 0 Å². The number of hydrogen-bond acceptors (Lipinski definition) is 1. The number of hydroxylamine groups is 1. The lowest BCUT2D eigenvalue weighted by molar-refractivity contribution is -0.509. The average Bonchev–Trinajstić information content (AvgIpc) is 2.20. The van der Waals surface area contributed by atoms with E-state index < -0.39 is 0 Å². The van der Waals surface area contributed by atoms with Crippen LogP contribution in [0.3, 0.4) is 0 Å². The molecule has 0 amide bonds. The summed E-state index contributed by atoms with van der Waals surface area (Å²) in [5, 5.41) is 11.5. The molecule has 0 saturated carbocycles. The van der Waals surface area contributed by atoms with E-state index in [0.29, 0.717) is 0 Å². The fourth-order valence-corrected chi connectivity index (χ4v) is 1.77. The van der Waals surface area contributed by atoms with Gasteiger partial charge >= 0.3 is 0 Å². The first-order valence-corrected chi connectivity index (χ1v) is 4.71. The van der Waals surface area contributed by atoms with Crippen molar-refractivity contribution >= 4 is 6.21 Å². The van der Waals surface area contributed by atoms with Crippen LogP contribution >= 0.6 is 0 Å². The molecule has 0 N–H and O–H groups in total.